The molecular weight excluding hydrogens is 454 g/mol. The van der Waals surface area contributed by atoms with Crippen molar-refractivity contribution in [2.45, 2.75) is 43.2 Å². The molecule has 3 aliphatic rings. The first-order valence-corrected chi connectivity index (χ1v) is 14.2. The van der Waals surface area contributed by atoms with E-state index in [0.717, 1.165) is 12.8 Å². The number of carbonyl (C=O) groups is 2. The number of piperazine rings is 1. The van der Waals surface area contributed by atoms with E-state index >= 15 is 0 Å². The van der Waals surface area contributed by atoms with Gasteiger partial charge in [0.05, 0.1) is 22.9 Å². The molecule has 2 heterocycles. The van der Waals surface area contributed by atoms with Gasteiger partial charge in [-0.3, -0.25) is 14.5 Å². The summed E-state index contributed by atoms with van der Waals surface area (Å²) >= 11 is 0. The van der Waals surface area contributed by atoms with Crippen LogP contribution in [0.25, 0.3) is 0 Å². The van der Waals surface area contributed by atoms with Crippen LogP contribution in [0.5, 0.6) is 0 Å². The lowest BCUT2D eigenvalue weighted by atomic mass is 10.2. The van der Waals surface area contributed by atoms with Crippen LogP contribution in [0.4, 0.5) is 0 Å². The SMILES string of the molecule is CC(=O)c1ccc(S(=O)(=O)N2CCN(CC(=O)N(C3CC3)[C@@H]3CCS(=O)(=O)C3)CC2)cc1. The van der Waals surface area contributed by atoms with Crippen LogP contribution in [0.3, 0.4) is 0 Å². The quantitative estimate of drug-likeness (QED) is 0.515. The molecule has 0 radical (unpaired) electrons. The van der Waals surface area contributed by atoms with E-state index < -0.39 is 19.9 Å². The largest absolute Gasteiger partial charge is 0.335 e. The zero-order chi connectivity index (χ0) is 23.1. The predicted octanol–water partition coefficient (Wildman–Crippen LogP) is 0.374. The Hall–Kier alpha value is -1.82. The smallest absolute Gasteiger partial charge is 0.243 e. The van der Waals surface area contributed by atoms with Gasteiger partial charge in [-0.05, 0) is 38.3 Å². The van der Waals surface area contributed by atoms with E-state index in [2.05, 4.69) is 0 Å². The normalized spacial score (nSPS) is 24.3. The minimum atomic E-state index is -3.67. The minimum absolute atomic E-state index is 0.0453. The highest BCUT2D eigenvalue weighted by atomic mass is 32.2. The lowest BCUT2D eigenvalue weighted by molar-refractivity contribution is -0.135. The molecule has 0 spiro atoms. The molecule has 1 amide bonds. The molecule has 11 heteroatoms. The first kappa shape index (κ1) is 23.3. The van der Waals surface area contributed by atoms with E-state index in [1.54, 1.807) is 4.90 Å². The number of amides is 1. The number of ketones is 1. The van der Waals surface area contributed by atoms with Crippen LogP contribution < -0.4 is 0 Å². The van der Waals surface area contributed by atoms with Gasteiger partial charge in [0.25, 0.3) is 0 Å². The van der Waals surface area contributed by atoms with Crippen LogP contribution >= 0.6 is 0 Å². The molecule has 2 aliphatic heterocycles. The van der Waals surface area contributed by atoms with Crippen LogP contribution in [0.15, 0.2) is 29.2 Å². The molecule has 1 atom stereocenters. The molecule has 1 aromatic carbocycles. The van der Waals surface area contributed by atoms with Crippen molar-refractivity contribution in [3.8, 4) is 0 Å². The van der Waals surface area contributed by atoms with Crippen molar-refractivity contribution < 1.29 is 26.4 Å². The summed E-state index contributed by atoms with van der Waals surface area (Å²) in [7, 11) is -6.74. The monoisotopic (exact) mass is 483 g/mol. The van der Waals surface area contributed by atoms with Crippen molar-refractivity contribution in [2.75, 3.05) is 44.2 Å². The summed E-state index contributed by atoms with van der Waals surface area (Å²) < 4.78 is 51.0. The van der Waals surface area contributed by atoms with Crippen molar-refractivity contribution >= 4 is 31.6 Å². The zero-order valence-corrected chi connectivity index (χ0v) is 19.8. The maximum atomic E-state index is 13.0. The molecule has 0 unspecified atom stereocenters. The maximum absolute atomic E-state index is 13.0. The summed E-state index contributed by atoms with van der Waals surface area (Å²) in [5.74, 6) is -0.00435. The Balaban J connectivity index is 1.35. The molecule has 4 rings (SSSR count). The molecule has 32 heavy (non-hydrogen) atoms. The Labute approximate surface area is 189 Å². The second kappa shape index (κ2) is 8.85. The number of Topliss-reactive ketones (excluding diaryl/α,β-unsaturated/α-hetero) is 1. The van der Waals surface area contributed by atoms with Crippen LogP contribution in [0.2, 0.25) is 0 Å². The summed E-state index contributed by atoms with van der Waals surface area (Å²) in [6, 6.07) is 5.83. The number of hydrogen-bond donors (Lipinski definition) is 0. The van der Waals surface area contributed by atoms with E-state index in [-0.39, 0.29) is 59.8 Å². The van der Waals surface area contributed by atoms with Crippen molar-refractivity contribution in [1.29, 1.82) is 0 Å². The van der Waals surface area contributed by atoms with Crippen LogP contribution in [-0.4, -0.2) is 98.9 Å². The molecule has 176 valence electrons. The summed E-state index contributed by atoms with van der Waals surface area (Å²) in [6.07, 6.45) is 2.33. The molecular formula is C21H29N3O6S2. The minimum Gasteiger partial charge on any atom is -0.335 e. The van der Waals surface area contributed by atoms with E-state index in [9.17, 15) is 26.4 Å². The molecule has 3 fully saturated rings. The van der Waals surface area contributed by atoms with Gasteiger partial charge in [0, 0.05) is 43.8 Å². The van der Waals surface area contributed by atoms with Gasteiger partial charge in [-0.1, -0.05) is 12.1 Å². The number of sulfonamides is 1. The molecule has 2 saturated heterocycles. The lowest BCUT2D eigenvalue weighted by Gasteiger charge is -2.36. The average Bonchev–Trinajstić information content (AvgIpc) is 3.51. The first-order chi connectivity index (χ1) is 15.1. The second-order valence-corrected chi connectivity index (χ2v) is 13.0. The second-order valence-electron chi connectivity index (χ2n) is 8.85. The van der Waals surface area contributed by atoms with Gasteiger partial charge in [0.2, 0.25) is 15.9 Å². The molecule has 0 bridgehead atoms. The third-order valence-electron chi connectivity index (χ3n) is 6.42. The standard InChI is InChI=1S/C21H29N3O6S2/c1-16(25)17-2-6-20(7-3-17)32(29,30)23-11-9-22(10-12-23)14-21(26)24(18-4-5-18)19-8-13-31(27,28)15-19/h2-3,6-7,18-19H,4-5,8-15H2,1H3/t19-/m1/s1. The van der Waals surface area contributed by atoms with Gasteiger partial charge in [-0.2, -0.15) is 4.31 Å². The van der Waals surface area contributed by atoms with Gasteiger partial charge < -0.3 is 4.90 Å². The Morgan fingerprint density at radius 2 is 1.62 bits per heavy atom. The summed E-state index contributed by atoms with van der Waals surface area (Å²) in [4.78, 5) is 28.3. The third-order valence-corrected chi connectivity index (χ3v) is 10.1. The molecule has 0 aromatic heterocycles. The predicted molar refractivity (Wildman–Crippen MR) is 119 cm³/mol. The number of benzene rings is 1. The van der Waals surface area contributed by atoms with Crippen molar-refractivity contribution in [2.24, 2.45) is 0 Å². The maximum Gasteiger partial charge on any atom is 0.243 e. The highest BCUT2D eigenvalue weighted by molar-refractivity contribution is 7.91. The molecule has 0 N–H and O–H groups in total. The van der Waals surface area contributed by atoms with Gasteiger partial charge in [0.15, 0.2) is 15.6 Å². The van der Waals surface area contributed by atoms with Crippen molar-refractivity contribution in [1.82, 2.24) is 14.1 Å². The number of rotatable bonds is 7. The fourth-order valence-electron chi connectivity index (χ4n) is 4.46. The van der Waals surface area contributed by atoms with E-state index in [1.807, 2.05) is 4.90 Å². The third kappa shape index (κ3) is 5.05. The number of carbonyl (C=O) groups excluding carboxylic acids is 2. The number of nitrogens with zero attached hydrogens (tertiary/aromatic N) is 3. The topological polar surface area (TPSA) is 112 Å². The van der Waals surface area contributed by atoms with E-state index in [0.29, 0.717) is 25.1 Å². The molecule has 1 aromatic rings. The first-order valence-electron chi connectivity index (χ1n) is 10.9. The summed E-state index contributed by atoms with van der Waals surface area (Å²) in [6.45, 7) is 3.00. The highest BCUT2D eigenvalue weighted by Crippen LogP contribution is 2.32. The fraction of sp³-hybridized carbons (Fsp3) is 0.619. The van der Waals surface area contributed by atoms with Crippen molar-refractivity contribution in [3.05, 3.63) is 29.8 Å². The summed E-state index contributed by atoms with van der Waals surface area (Å²) in [5.41, 5.74) is 0.461. The highest BCUT2D eigenvalue weighted by Gasteiger charge is 2.42. The molecule has 9 nitrogen and oxygen atoms in total. The Kier molecular flexibility index (Phi) is 6.45. The van der Waals surface area contributed by atoms with E-state index in [4.69, 9.17) is 0 Å². The fourth-order valence-corrected chi connectivity index (χ4v) is 7.60. The molecule has 1 saturated carbocycles. The van der Waals surface area contributed by atoms with Gasteiger partial charge in [-0.15, -0.1) is 0 Å². The summed E-state index contributed by atoms with van der Waals surface area (Å²) in [5, 5.41) is 0. The van der Waals surface area contributed by atoms with Crippen LogP contribution in [0, 0.1) is 0 Å². The van der Waals surface area contributed by atoms with Crippen LogP contribution in [0.1, 0.15) is 36.5 Å². The number of hydrogen-bond acceptors (Lipinski definition) is 7. The van der Waals surface area contributed by atoms with Crippen molar-refractivity contribution in [3.63, 3.8) is 0 Å². The Morgan fingerprint density at radius 1 is 1.00 bits per heavy atom. The molecule has 1 aliphatic carbocycles. The lowest BCUT2D eigenvalue weighted by Crippen LogP contribution is -2.53. The Bertz CT molecular complexity index is 1090. The Morgan fingerprint density at radius 3 is 2.12 bits per heavy atom. The van der Waals surface area contributed by atoms with E-state index in [1.165, 1.54) is 35.5 Å². The van der Waals surface area contributed by atoms with Gasteiger partial charge in [0.1, 0.15) is 0 Å². The van der Waals surface area contributed by atoms with Crippen LogP contribution in [-0.2, 0) is 24.7 Å². The number of sulfone groups is 1. The van der Waals surface area contributed by atoms with Gasteiger partial charge in [-0.25, -0.2) is 16.8 Å². The zero-order valence-electron chi connectivity index (χ0n) is 18.1. The van der Waals surface area contributed by atoms with Gasteiger partial charge >= 0.3 is 0 Å². The average molecular weight is 484 g/mol.